The first kappa shape index (κ1) is 15.8. The maximum absolute atomic E-state index is 11.9. The summed E-state index contributed by atoms with van der Waals surface area (Å²) in [6.07, 6.45) is 1.46. The number of hydrogen-bond donors (Lipinski definition) is 2. The van der Waals surface area contributed by atoms with E-state index in [1.807, 2.05) is 12.1 Å². The maximum Gasteiger partial charge on any atom is 0.224 e. The Labute approximate surface area is 127 Å². The number of nitrogens with two attached hydrogens (primary N) is 1. The van der Waals surface area contributed by atoms with Crippen molar-refractivity contribution in [2.24, 2.45) is 0 Å². The summed E-state index contributed by atoms with van der Waals surface area (Å²) in [7, 11) is 2.17. The summed E-state index contributed by atoms with van der Waals surface area (Å²) in [5.41, 5.74) is 7.13. The lowest BCUT2D eigenvalue weighted by Crippen LogP contribution is -2.50. The van der Waals surface area contributed by atoms with Crippen molar-refractivity contribution < 1.29 is 4.79 Å². The average Bonchev–Trinajstić information content (AvgIpc) is 2.45. The Morgan fingerprint density at radius 3 is 2.71 bits per heavy atom. The molecule has 1 heterocycles. The highest BCUT2D eigenvalue weighted by Crippen LogP contribution is 2.12. The predicted octanol–water partition coefficient (Wildman–Crippen LogP) is 1.62. The fraction of sp³-hybridized carbons (Fsp3) is 0.562. The molecular weight excluding hydrogens is 264 g/mol. The van der Waals surface area contributed by atoms with E-state index in [1.165, 1.54) is 0 Å². The van der Waals surface area contributed by atoms with Crippen LogP contribution in [0.3, 0.4) is 0 Å². The van der Waals surface area contributed by atoms with Crippen LogP contribution in [0.5, 0.6) is 0 Å². The first-order valence-corrected chi connectivity index (χ1v) is 7.62. The largest absolute Gasteiger partial charge is 0.399 e. The van der Waals surface area contributed by atoms with E-state index >= 15 is 0 Å². The smallest absolute Gasteiger partial charge is 0.224 e. The zero-order chi connectivity index (χ0) is 15.2. The van der Waals surface area contributed by atoms with Crippen molar-refractivity contribution in [3.63, 3.8) is 0 Å². The third-order valence-corrected chi connectivity index (χ3v) is 4.12. The summed E-state index contributed by atoms with van der Waals surface area (Å²) in [5, 5.41) is 2.90. The fourth-order valence-electron chi connectivity index (χ4n) is 2.58. The van der Waals surface area contributed by atoms with E-state index in [0.717, 1.165) is 38.3 Å². The lowest BCUT2D eigenvalue weighted by Gasteiger charge is -2.37. The number of nitrogens with zero attached hydrogens (tertiary/aromatic N) is 2. The van der Waals surface area contributed by atoms with Crippen molar-refractivity contribution in [2.45, 2.75) is 25.8 Å². The molecule has 0 spiro atoms. The van der Waals surface area contributed by atoms with Crippen LogP contribution in [0.4, 0.5) is 11.4 Å². The number of carbonyl (C=O) groups excluding carboxylic acids is 1. The van der Waals surface area contributed by atoms with E-state index < -0.39 is 0 Å². The summed E-state index contributed by atoms with van der Waals surface area (Å²) >= 11 is 0. The second kappa shape index (κ2) is 7.43. The normalized spacial score (nSPS) is 20.4. The number of nitrogen functional groups attached to an aromatic ring is 1. The number of piperazine rings is 1. The second-order valence-electron chi connectivity index (χ2n) is 5.90. The van der Waals surface area contributed by atoms with Gasteiger partial charge in [0.2, 0.25) is 5.91 Å². The van der Waals surface area contributed by atoms with Crippen LogP contribution in [0.1, 0.15) is 19.8 Å². The van der Waals surface area contributed by atoms with Crippen molar-refractivity contribution in [3.8, 4) is 0 Å². The first-order chi connectivity index (χ1) is 10.0. The second-order valence-corrected chi connectivity index (χ2v) is 5.90. The lowest BCUT2D eigenvalue weighted by molar-refractivity contribution is -0.116. The summed E-state index contributed by atoms with van der Waals surface area (Å²) in [4.78, 5) is 16.7. The standard InChI is InChI=1S/C16H26N4O/c1-13-12-20(11-10-19(13)2)9-3-4-16(21)18-15-7-5-14(17)6-8-15/h5-8,13H,3-4,9-12,17H2,1-2H3,(H,18,21). The van der Waals surface area contributed by atoms with Crippen LogP contribution < -0.4 is 11.1 Å². The molecule has 116 valence electrons. The molecule has 0 saturated carbocycles. The monoisotopic (exact) mass is 290 g/mol. The Kier molecular flexibility index (Phi) is 5.59. The van der Waals surface area contributed by atoms with Crippen molar-refractivity contribution in [1.29, 1.82) is 0 Å². The maximum atomic E-state index is 11.9. The Bertz CT molecular complexity index is 460. The number of likely N-dealkylation sites (N-methyl/N-ethyl adjacent to an activating group) is 1. The predicted molar refractivity (Wildman–Crippen MR) is 87.3 cm³/mol. The number of nitrogens with one attached hydrogen (secondary N) is 1. The van der Waals surface area contributed by atoms with Gasteiger partial charge in [-0.3, -0.25) is 4.79 Å². The molecule has 1 aromatic carbocycles. The van der Waals surface area contributed by atoms with Gasteiger partial charge in [0.25, 0.3) is 0 Å². The van der Waals surface area contributed by atoms with E-state index in [0.29, 0.717) is 18.2 Å². The van der Waals surface area contributed by atoms with Gasteiger partial charge in [0.1, 0.15) is 0 Å². The molecule has 1 fully saturated rings. The molecule has 0 aromatic heterocycles. The van der Waals surface area contributed by atoms with Gasteiger partial charge in [-0.25, -0.2) is 0 Å². The molecule has 1 unspecified atom stereocenters. The van der Waals surface area contributed by atoms with Crippen LogP contribution in [0, 0.1) is 0 Å². The molecule has 5 nitrogen and oxygen atoms in total. The zero-order valence-corrected chi connectivity index (χ0v) is 13.0. The number of carbonyl (C=O) groups is 1. The Balaban J connectivity index is 1.66. The molecule has 1 aromatic rings. The van der Waals surface area contributed by atoms with Crippen molar-refractivity contribution in [3.05, 3.63) is 24.3 Å². The molecule has 0 bridgehead atoms. The first-order valence-electron chi connectivity index (χ1n) is 7.62. The number of benzene rings is 1. The van der Waals surface area contributed by atoms with E-state index in [4.69, 9.17) is 5.73 Å². The molecule has 1 aliphatic heterocycles. The summed E-state index contributed by atoms with van der Waals surface area (Å²) in [6, 6.07) is 7.84. The van der Waals surface area contributed by atoms with Gasteiger partial charge < -0.3 is 20.9 Å². The molecule has 1 saturated heterocycles. The molecule has 3 N–H and O–H groups in total. The molecule has 1 atom stereocenters. The molecule has 1 amide bonds. The molecule has 5 heteroatoms. The third-order valence-electron chi connectivity index (χ3n) is 4.12. The molecular formula is C16H26N4O. The molecule has 0 radical (unpaired) electrons. The van der Waals surface area contributed by atoms with Gasteiger partial charge in [-0.1, -0.05) is 0 Å². The van der Waals surface area contributed by atoms with Crippen molar-refractivity contribution in [2.75, 3.05) is 44.3 Å². The quantitative estimate of drug-likeness (QED) is 0.809. The van der Waals surface area contributed by atoms with Gasteiger partial charge in [-0.2, -0.15) is 0 Å². The number of amides is 1. The van der Waals surface area contributed by atoms with Gasteiger partial charge in [0, 0.05) is 43.5 Å². The van der Waals surface area contributed by atoms with Gasteiger partial charge >= 0.3 is 0 Å². The topological polar surface area (TPSA) is 61.6 Å². The van der Waals surface area contributed by atoms with Crippen LogP contribution in [0.2, 0.25) is 0 Å². The minimum atomic E-state index is 0.0712. The molecule has 2 rings (SSSR count). The van der Waals surface area contributed by atoms with Crippen LogP contribution in [0.25, 0.3) is 0 Å². The molecule has 0 aliphatic carbocycles. The van der Waals surface area contributed by atoms with Crippen LogP contribution >= 0.6 is 0 Å². The van der Waals surface area contributed by atoms with Crippen LogP contribution in [-0.4, -0.2) is 55.0 Å². The van der Waals surface area contributed by atoms with E-state index in [1.54, 1.807) is 12.1 Å². The Morgan fingerprint density at radius 2 is 2.05 bits per heavy atom. The number of rotatable bonds is 5. The third kappa shape index (κ3) is 5.02. The van der Waals surface area contributed by atoms with Crippen molar-refractivity contribution >= 4 is 17.3 Å². The minimum absolute atomic E-state index is 0.0712. The van der Waals surface area contributed by atoms with Crippen molar-refractivity contribution in [1.82, 2.24) is 9.80 Å². The Hall–Kier alpha value is -1.59. The number of hydrogen-bond acceptors (Lipinski definition) is 4. The SMILES string of the molecule is CC1CN(CCCC(=O)Nc2ccc(N)cc2)CCN1C. The van der Waals surface area contributed by atoms with E-state index in [2.05, 4.69) is 29.1 Å². The van der Waals surface area contributed by atoms with Crippen LogP contribution in [-0.2, 0) is 4.79 Å². The van der Waals surface area contributed by atoms with E-state index in [9.17, 15) is 4.79 Å². The highest BCUT2D eigenvalue weighted by molar-refractivity contribution is 5.90. The zero-order valence-electron chi connectivity index (χ0n) is 13.0. The van der Waals surface area contributed by atoms with E-state index in [-0.39, 0.29) is 5.91 Å². The van der Waals surface area contributed by atoms with Gasteiger partial charge in [-0.05, 0) is 51.2 Å². The lowest BCUT2D eigenvalue weighted by atomic mass is 10.2. The summed E-state index contributed by atoms with van der Waals surface area (Å²) in [5.74, 6) is 0.0712. The summed E-state index contributed by atoms with van der Waals surface area (Å²) < 4.78 is 0. The van der Waals surface area contributed by atoms with Crippen LogP contribution in [0.15, 0.2) is 24.3 Å². The molecule has 1 aliphatic rings. The minimum Gasteiger partial charge on any atom is -0.399 e. The number of anilines is 2. The summed E-state index contributed by atoms with van der Waals surface area (Å²) in [6.45, 7) is 6.54. The fourth-order valence-corrected chi connectivity index (χ4v) is 2.58. The highest BCUT2D eigenvalue weighted by atomic mass is 16.1. The highest BCUT2D eigenvalue weighted by Gasteiger charge is 2.20. The Morgan fingerprint density at radius 1 is 1.33 bits per heavy atom. The van der Waals surface area contributed by atoms with Gasteiger partial charge in [-0.15, -0.1) is 0 Å². The average molecular weight is 290 g/mol. The van der Waals surface area contributed by atoms with Gasteiger partial charge in [0.05, 0.1) is 0 Å². The van der Waals surface area contributed by atoms with Gasteiger partial charge in [0.15, 0.2) is 0 Å². The molecule has 21 heavy (non-hydrogen) atoms.